The summed E-state index contributed by atoms with van der Waals surface area (Å²) in [7, 11) is 0. The number of piperazine rings is 1. The minimum Gasteiger partial charge on any atom is -0.394 e. The highest BCUT2D eigenvalue weighted by molar-refractivity contribution is 5.16. The van der Waals surface area contributed by atoms with Crippen LogP contribution in [-0.2, 0) is 0 Å². The minimum absolute atomic E-state index is 0.0919. The van der Waals surface area contributed by atoms with E-state index in [2.05, 4.69) is 35.6 Å². The molecular weight excluding hydrogens is 250 g/mol. The van der Waals surface area contributed by atoms with E-state index >= 15 is 0 Å². The Hall–Kier alpha value is -0.970. The molecule has 0 aliphatic carbocycles. The molecule has 112 valence electrons. The largest absolute Gasteiger partial charge is 0.394 e. The molecular formula is C16H27N3O. The van der Waals surface area contributed by atoms with Gasteiger partial charge >= 0.3 is 0 Å². The van der Waals surface area contributed by atoms with Crippen molar-refractivity contribution in [3.05, 3.63) is 30.1 Å². The van der Waals surface area contributed by atoms with E-state index in [0.717, 1.165) is 31.7 Å². The Balaban J connectivity index is 2.02. The number of pyridine rings is 1. The normalized spacial score (nSPS) is 23.1. The number of aromatic nitrogens is 1. The predicted molar refractivity (Wildman–Crippen MR) is 81.5 cm³/mol. The lowest BCUT2D eigenvalue weighted by molar-refractivity contribution is 0.0215. The van der Waals surface area contributed by atoms with E-state index in [4.69, 9.17) is 0 Å². The third-order valence-corrected chi connectivity index (χ3v) is 4.05. The SMILES string of the molecule is CC(C)CN1CCN(C(CO)c2ccncc2)C(C)C1. The molecule has 0 saturated carbocycles. The van der Waals surface area contributed by atoms with E-state index in [1.165, 1.54) is 0 Å². The van der Waals surface area contributed by atoms with Crippen LogP contribution in [0.5, 0.6) is 0 Å². The van der Waals surface area contributed by atoms with E-state index in [9.17, 15) is 5.11 Å². The number of aliphatic hydroxyl groups is 1. The molecule has 4 heteroatoms. The van der Waals surface area contributed by atoms with Gasteiger partial charge in [-0.05, 0) is 30.5 Å². The summed E-state index contributed by atoms with van der Waals surface area (Å²) in [5.74, 6) is 0.711. The van der Waals surface area contributed by atoms with Gasteiger partial charge in [0.25, 0.3) is 0 Å². The van der Waals surface area contributed by atoms with Crippen LogP contribution < -0.4 is 0 Å². The van der Waals surface area contributed by atoms with Crippen molar-refractivity contribution in [3.63, 3.8) is 0 Å². The van der Waals surface area contributed by atoms with Crippen LogP contribution in [0.15, 0.2) is 24.5 Å². The number of nitrogens with zero attached hydrogens (tertiary/aromatic N) is 3. The maximum absolute atomic E-state index is 9.79. The first kappa shape index (κ1) is 15.4. The maximum Gasteiger partial charge on any atom is 0.0628 e. The van der Waals surface area contributed by atoms with Gasteiger partial charge in [-0.2, -0.15) is 0 Å². The Bertz CT molecular complexity index is 396. The van der Waals surface area contributed by atoms with Crippen molar-refractivity contribution in [3.8, 4) is 0 Å². The van der Waals surface area contributed by atoms with Gasteiger partial charge < -0.3 is 10.0 Å². The van der Waals surface area contributed by atoms with Gasteiger partial charge in [-0.1, -0.05) is 13.8 Å². The second kappa shape index (κ2) is 7.16. The van der Waals surface area contributed by atoms with E-state index < -0.39 is 0 Å². The molecule has 4 nitrogen and oxygen atoms in total. The highest BCUT2D eigenvalue weighted by atomic mass is 16.3. The van der Waals surface area contributed by atoms with Crippen LogP contribution in [0.2, 0.25) is 0 Å². The summed E-state index contributed by atoms with van der Waals surface area (Å²) in [5, 5.41) is 9.79. The van der Waals surface area contributed by atoms with Crippen LogP contribution in [-0.4, -0.2) is 58.7 Å². The average molecular weight is 277 g/mol. The molecule has 1 aliphatic heterocycles. The second-order valence-corrected chi connectivity index (χ2v) is 6.22. The lowest BCUT2D eigenvalue weighted by Crippen LogP contribution is -2.54. The number of rotatable bonds is 5. The standard InChI is InChI=1S/C16H27N3O/c1-13(2)10-18-8-9-19(14(3)11-18)16(12-20)15-4-6-17-7-5-15/h4-7,13-14,16,20H,8-12H2,1-3H3. The molecule has 2 atom stereocenters. The van der Waals surface area contributed by atoms with Crippen LogP contribution >= 0.6 is 0 Å². The van der Waals surface area contributed by atoms with E-state index in [-0.39, 0.29) is 12.6 Å². The van der Waals surface area contributed by atoms with Gasteiger partial charge in [0.2, 0.25) is 0 Å². The molecule has 0 aromatic carbocycles. The summed E-state index contributed by atoms with van der Waals surface area (Å²) in [5.41, 5.74) is 1.16. The fraction of sp³-hybridized carbons (Fsp3) is 0.688. The lowest BCUT2D eigenvalue weighted by atomic mass is 10.0. The van der Waals surface area contributed by atoms with Crippen LogP contribution in [0.3, 0.4) is 0 Å². The Kier molecular flexibility index (Phi) is 5.52. The third kappa shape index (κ3) is 3.78. The van der Waals surface area contributed by atoms with Gasteiger partial charge in [0, 0.05) is 44.6 Å². The molecule has 1 N–H and O–H groups in total. The molecule has 1 aromatic rings. The average Bonchev–Trinajstić information content (AvgIpc) is 2.42. The van der Waals surface area contributed by atoms with Gasteiger partial charge in [0.15, 0.2) is 0 Å². The Morgan fingerprint density at radius 3 is 2.55 bits per heavy atom. The van der Waals surface area contributed by atoms with Crippen LogP contribution in [0.25, 0.3) is 0 Å². The van der Waals surface area contributed by atoms with Crippen LogP contribution in [0.4, 0.5) is 0 Å². The third-order valence-electron chi connectivity index (χ3n) is 4.05. The summed E-state index contributed by atoms with van der Waals surface area (Å²) in [6.45, 7) is 11.3. The van der Waals surface area contributed by atoms with Crippen molar-refractivity contribution in [2.24, 2.45) is 5.92 Å². The molecule has 0 spiro atoms. The Labute approximate surface area is 122 Å². The maximum atomic E-state index is 9.79. The fourth-order valence-corrected chi connectivity index (χ4v) is 3.18. The highest BCUT2D eigenvalue weighted by Gasteiger charge is 2.29. The van der Waals surface area contributed by atoms with Gasteiger partial charge in [-0.3, -0.25) is 9.88 Å². The summed E-state index contributed by atoms with van der Waals surface area (Å²) in [4.78, 5) is 9.02. The fourth-order valence-electron chi connectivity index (χ4n) is 3.18. The summed E-state index contributed by atoms with van der Waals surface area (Å²) >= 11 is 0. The molecule has 2 rings (SSSR count). The van der Waals surface area contributed by atoms with E-state index in [0.29, 0.717) is 12.0 Å². The van der Waals surface area contributed by atoms with Crippen molar-refractivity contribution in [2.75, 3.05) is 32.8 Å². The number of aliphatic hydroxyl groups excluding tert-OH is 1. The van der Waals surface area contributed by atoms with E-state index in [1.54, 1.807) is 12.4 Å². The van der Waals surface area contributed by atoms with Crippen molar-refractivity contribution in [1.82, 2.24) is 14.8 Å². The molecule has 1 aliphatic rings. The van der Waals surface area contributed by atoms with Crippen molar-refractivity contribution < 1.29 is 5.11 Å². The summed E-state index contributed by atoms with van der Waals surface area (Å²) < 4.78 is 0. The molecule has 1 aromatic heterocycles. The summed E-state index contributed by atoms with van der Waals surface area (Å²) in [6.07, 6.45) is 3.61. The Morgan fingerprint density at radius 1 is 1.30 bits per heavy atom. The molecule has 0 amide bonds. The zero-order chi connectivity index (χ0) is 14.5. The predicted octanol–water partition coefficient (Wildman–Crippen LogP) is 1.78. The van der Waals surface area contributed by atoms with Gasteiger partial charge in [-0.15, -0.1) is 0 Å². The second-order valence-electron chi connectivity index (χ2n) is 6.22. The van der Waals surface area contributed by atoms with Gasteiger partial charge in [-0.25, -0.2) is 0 Å². The van der Waals surface area contributed by atoms with Crippen LogP contribution in [0, 0.1) is 5.92 Å². The van der Waals surface area contributed by atoms with E-state index in [1.807, 2.05) is 12.1 Å². The van der Waals surface area contributed by atoms with Gasteiger partial charge in [0.05, 0.1) is 12.6 Å². The molecule has 2 heterocycles. The first-order chi connectivity index (χ1) is 9.61. The molecule has 2 unspecified atom stereocenters. The summed E-state index contributed by atoms with van der Waals surface area (Å²) in [6, 6.07) is 4.57. The molecule has 1 fully saturated rings. The first-order valence-electron chi connectivity index (χ1n) is 7.60. The Morgan fingerprint density at radius 2 is 2.00 bits per heavy atom. The zero-order valence-corrected chi connectivity index (χ0v) is 12.9. The quantitative estimate of drug-likeness (QED) is 0.890. The van der Waals surface area contributed by atoms with Crippen LogP contribution in [0.1, 0.15) is 32.4 Å². The van der Waals surface area contributed by atoms with Gasteiger partial charge in [0.1, 0.15) is 0 Å². The molecule has 0 radical (unpaired) electrons. The van der Waals surface area contributed by atoms with Crippen molar-refractivity contribution in [2.45, 2.75) is 32.9 Å². The minimum atomic E-state index is 0.0919. The first-order valence-corrected chi connectivity index (χ1v) is 7.60. The van der Waals surface area contributed by atoms with Crippen molar-refractivity contribution in [1.29, 1.82) is 0 Å². The topological polar surface area (TPSA) is 39.6 Å². The zero-order valence-electron chi connectivity index (χ0n) is 12.9. The number of hydrogen-bond donors (Lipinski definition) is 1. The molecule has 0 bridgehead atoms. The smallest absolute Gasteiger partial charge is 0.0628 e. The highest BCUT2D eigenvalue weighted by Crippen LogP contribution is 2.24. The number of hydrogen-bond acceptors (Lipinski definition) is 4. The lowest BCUT2D eigenvalue weighted by Gasteiger charge is -2.44. The van der Waals surface area contributed by atoms with Crippen molar-refractivity contribution >= 4 is 0 Å². The molecule has 1 saturated heterocycles. The monoisotopic (exact) mass is 277 g/mol. The molecule has 20 heavy (non-hydrogen) atoms.